The van der Waals surface area contributed by atoms with E-state index in [1.54, 1.807) is 31.2 Å². The van der Waals surface area contributed by atoms with Crippen LogP contribution in [0.2, 0.25) is 5.02 Å². The molecule has 128 valence electrons. The molecule has 25 heavy (non-hydrogen) atoms. The summed E-state index contributed by atoms with van der Waals surface area (Å²) in [5, 5.41) is 26.1. The average molecular weight is 363 g/mol. The second-order valence-corrected chi connectivity index (χ2v) is 5.33. The third-order valence-electron chi connectivity index (χ3n) is 3.17. The molecule has 0 heterocycles. The van der Waals surface area contributed by atoms with Crippen LogP contribution < -0.4 is 5.43 Å². The largest absolute Gasteiger partial charge is 0.277 e. The van der Waals surface area contributed by atoms with Crippen LogP contribution in [-0.4, -0.2) is 21.5 Å². The van der Waals surface area contributed by atoms with Crippen LogP contribution in [0.4, 0.5) is 11.4 Å². The first-order chi connectivity index (χ1) is 11.8. The molecule has 0 atom stereocenters. The summed E-state index contributed by atoms with van der Waals surface area (Å²) in [6, 6.07) is 9.37. The van der Waals surface area contributed by atoms with Gasteiger partial charge >= 0.3 is 0 Å². The summed E-state index contributed by atoms with van der Waals surface area (Å²) in [5.41, 5.74) is 2.02. The number of non-ortho nitro benzene ring substituents is 2. The van der Waals surface area contributed by atoms with Gasteiger partial charge in [0.2, 0.25) is 0 Å². The molecule has 0 saturated carbocycles. The smallest absolute Gasteiger partial charge is 0.267 e. The van der Waals surface area contributed by atoms with Crippen molar-refractivity contribution in [1.82, 2.24) is 5.43 Å². The van der Waals surface area contributed by atoms with E-state index in [9.17, 15) is 25.0 Å². The number of nitrogens with zero attached hydrogens (tertiary/aromatic N) is 3. The first-order valence-corrected chi connectivity index (χ1v) is 7.20. The second-order valence-electron chi connectivity index (χ2n) is 4.90. The van der Waals surface area contributed by atoms with Crippen LogP contribution in [0.25, 0.3) is 0 Å². The minimum atomic E-state index is -0.813. The van der Waals surface area contributed by atoms with Crippen LogP contribution in [0.5, 0.6) is 0 Å². The number of amides is 1. The van der Waals surface area contributed by atoms with Crippen LogP contribution in [0.15, 0.2) is 47.6 Å². The molecule has 0 aliphatic rings. The maximum absolute atomic E-state index is 12.1. The number of nitro groups is 2. The van der Waals surface area contributed by atoms with Gasteiger partial charge in [0.25, 0.3) is 17.3 Å². The minimum absolute atomic E-state index is 0.242. The number of carbonyl (C=O) groups is 1. The topological polar surface area (TPSA) is 128 Å². The SMILES string of the molecule is CC(=NNC(=O)c1cc([N+](=O)[O-])cc([N+](=O)[O-])c1)c1ccc(Cl)cc1. The van der Waals surface area contributed by atoms with Crippen molar-refractivity contribution in [2.24, 2.45) is 5.10 Å². The Morgan fingerprint density at radius 1 is 1.00 bits per heavy atom. The Kier molecular flexibility index (Phi) is 5.40. The number of halogens is 1. The lowest BCUT2D eigenvalue weighted by molar-refractivity contribution is -0.394. The summed E-state index contributed by atoms with van der Waals surface area (Å²) in [6.07, 6.45) is 0. The molecule has 0 fully saturated rings. The van der Waals surface area contributed by atoms with Gasteiger partial charge in [-0.15, -0.1) is 0 Å². The van der Waals surface area contributed by atoms with Crippen LogP contribution >= 0.6 is 11.6 Å². The first kappa shape index (κ1) is 18.0. The number of benzene rings is 2. The molecular weight excluding hydrogens is 352 g/mol. The third-order valence-corrected chi connectivity index (χ3v) is 3.43. The molecule has 0 aliphatic carbocycles. The number of hydrogen-bond donors (Lipinski definition) is 1. The van der Waals surface area contributed by atoms with Crippen LogP contribution in [0.3, 0.4) is 0 Å². The van der Waals surface area contributed by atoms with Gasteiger partial charge in [0.15, 0.2) is 0 Å². The zero-order valence-corrected chi connectivity index (χ0v) is 13.6. The molecule has 9 nitrogen and oxygen atoms in total. The van der Waals surface area contributed by atoms with Crippen molar-refractivity contribution in [3.8, 4) is 0 Å². The van der Waals surface area contributed by atoms with Crippen molar-refractivity contribution in [3.05, 3.63) is 78.8 Å². The molecule has 2 aromatic rings. The standard InChI is InChI=1S/C15H11ClN4O5/c1-9(10-2-4-12(16)5-3-10)17-18-15(21)11-6-13(19(22)23)8-14(7-11)20(24)25/h2-8H,1H3,(H,18,21). The van der Waals surface area contributed by atoms with Gasteiger partial charge in [-0.2, -0.15) is 5.10 Å². The lowest BCUT2D eigenvalue weighted by atomic mass is 10.1. The lowest BCUT2D eigenvalue weighted by Crippen LogP contribution is -2.19. The van der Waals surface area contributed by atoms with E-state index in [4.69, 9.17) is 11.6 Å². The first-order valence-electron chi connectivity index (χ1n) is 6.82. The monoisotopic (exact) mass is 362 g/mol. The Morgan fingerprint density at radius 3 is 2.00 bits per heavy atom. The Labute approximate surface area is 146 Å². The Bertz CT molecular complexity index is 848. The number of nitro benzene ring substituents is 2. The van der Waals surface area contributed by atoms with Gasteiger partial charge in [0, 0.05) is 17.2 Å². The van der Waals surface area contributed by atoms with Gasteiger partial charge in [-0.25, -0.2) is 5.43 Å². The zero-order chi connectivity index (χ0) is 18.6. The Morgan fingerprint density at radius 2 is 1.52 bits per heavy atom. The number of rotatable bonds is 5. The van der Waals surface area contributed by atoms with Crippen molar-refractivity contribution in [2.75, 3.05) is 0 Å². The molecule has 1 N–H and O–H groups in total. The Hall–Kier alpha value is -3.33. The highest BCUT2D eigenvalue weighted by molar-refractivity contribution is 6.30. The Balaban J connectivity index is 2.25. The van der Waals surface area contributed by atoms with Crippen molar-refractivity contribution in [2.45, 2.75) is 6.92 Å². The van der Waals surface area contributed by atoms with Crippen molar-refractivity contribution in [1.29, 1.82) is 0 Å². The summed E-state index contributed by atoms with van der Waals surface area (Å²) in [6.45, 7) is 1.64. The normalized spacial score (nSPS) is 11.0. The molecule has 0 bridgehead atoms. The molecule has 0 spiro atoms. The summed E-state index contributed by atoms with van der Waals surface area (Å²) >= 11 is 5.78. The van der Waals surface area contributed by atoms with Gasteiger partial charge in [-0.1, -0.05) is 23.7 Å². The van der Waals surface area contributed by atoms with Gasteiger partial charge in [-0.3, -0.25) is 25.0 Å². The number of hydrazone groups is 1. The number of nitrogens with one attached hydrogen (secondary N) is 1. The summed E-state index contributed by atoms with van der Waals surface area (Å²) in [5.74, 6) is -0.805. The van der Waals surface area contributed by atoms with Crippen LogP contribution in [0, 0.1) is 20.2 Å². The highest BCUT2D eigenvalue weighted by atomic mass is 35.5. The summed E-state index contributed by atoms with van der Waals surface area (Å²) < 4.78 is 0. The molecule has 2 rings (SSSR count). The van der Waals surface area contributed by atoms with E-state index < -0.39 is 27.1 Å². The van der Waals surface area contributed by atoms with E-state index in [0.29, 0.717) is 16.3 Å². The van der Waals surface area contributed by atoms with E-state index in [0.717, 1.165) is 18.2 Å². The molecule has 0 aliphatic heterocycles. The predicted octanol–water partition coefficient (Wildman–Crippen LogP) is 3.31. The molecule has 10 heteroatoms. The third kappa shape index (κ3) is 4.58. The van der Waals surface area contributed by atoms with Gasteiger partial charge in [0.05, 0.1) is 27.2 Å². The fourth-order valence-electron chi connectivity index (χ4n) is 1.89. The van der Waals surface area contributed by atoms with Gasteiger partial charge < -0.3 is 0 Å². The van der Waals surface area contributed by atoms with E-state index in [1.165, 1.54) is 0 Å². The highest BCUT2D eigenvalue weighted by Gasteiger charge is 2.19. The molecule has 2 aromatic carbocycles. The lowest BCUT2D eigenvalue weighted by Gasteiger charge is -2.04. The van der Waals surface area contributed by atoms with Gasteiger partial charge in [0.1, 0.15) is 0 Å². The number of hydrogen-bond acceptors (Lipinski definition) is 6. The number of carbonyl (C=O) groups excluding carboxylic acids is 1. The van der Waals surface area contributed by atoms with Crippen molar-refractivity contribution >= 4 is 34.6 Å². The van der Waals surface area contributed by atoms with Crippen LogP contribution in [0.1, 0.15) is 22.8 Å². The minimum Gasteiger partial charge on any atom is -0.267 e. The van der Waals surface area contributed by atoms with Crippen LogP contribution in [-0.2, 0) is 0 Å². The second kappa shape index (κ2) is 7.49. The van der Waals surface area contributed by atoms with Crippen molar-refractivity contribution in [3.63, 3.8) is 0 Å². The molecular formula is C15H11ClN4O5. The maximum atomic E-state index is 12.1. The molecule has 0 unspecified atom stereocenters. The fraction of sp³-hybridized carbons (Fsp3) is 0.0667. The molecule has 0 saturated heterocycles. The quantitative estimate of drug-likeness (QED) is 0.495. The summed E-state index contributed by atoms with van der Waals surface area (Å²) in [4.78, 5) is 32.2. The highest BCUT2D eigenvalue weighted by Crippen LogP contribution is 2.22. The zero-order valence-electron chi connectivity index (χ0n) is 12.8. The van der Waals surface area contributed by atoms with E-state index in [-0.39, 0.29) is 5.56 Å². The predicted molar refractivity (Wildman–Crippen MR) is 90.9 cm³/mol. The van der Waals surface area contributed by atoms with Gasteiger partial charge in [-0.05, 0) is 24.6 Å². The van der Waals surface area contributed by atoms with E-state index in [2.05, 4.69) is 10.5 Å². The molecule has 0 radical (unpaired) electrons. The fourth-order valence-corrected chi connectivity index (χ4v) is 2.02. The molecule has 0 aromatic heterocycles. The maximum Gasteiger partial charge on any atom is 0.277 e. The summed E-state index contributed by atoms with van der Waals surface area (Å²) in [7, 11) is 0. The van der Waals surface area contributed by atoms with E-state index >= 15 is 0 Å². The van der Waals surface area contributed by atoms with E-state index in [1.807, 2.05) is 0 Å². The van der Waals surface area contributed by atoms with Crippen molar-refractivity contribution < 1.29 is 14.6 Å². The molecule has 1 amide bonds. The average Bonchev–Trinajstić information content (AvgIpc) is 2.59.